The minimum absolute atomic E-state index is 0.00774. The number of benzene rings is 2. The summed E-state index contributed by atoms with van der Waals surface area (Å²) in [6.45, 7) is 2.46. The summed E-state index contributed by atoms with van der Waals surface area (Å²) in [5.74, 6) is -0.534. The quantitative estimate of drug-likeness (QED) is 0.741. The van der Waals surface area contributed by atoms with Crippen LogP contribution in [-0.4, -0.2) is 10.2 Å². The summed E-state index contributed by atoms with van der Waals surface area (Å²) in [5.41, 5.74) is 1.71. The molecule has 2 aromatic carbocycles. The van der Waals surface area contributed by atoms with E-state index in [1.807, 2.05) is 13.0 Å². The van der Waals surface area contributed by atoms with Gasteiger partial charge in [-0.05, 0) is 42.3 Å². The van der Waals surface area contributed by atoms with Gasteiger partial charge in [0.05, 0.1) is 0 Å². The van der Waals surface area contributed by atoms with Gasteiger partial charge in [-0.2, -0.15) is 0 Å². The molecule has 0 amide bonds. The van der Waals surface area contributed by atoms with E-state index < -0.39 is 0 Å². The van der Waals surface area contributed by atoms with E-state index in [2.05, 4.69) is 5.32 Å². The van der Waals surface area contributed by atoms with E-state index >= 15 is 0 Å². The van der Waals surface area contributed by atoms with Crippen molar-refractivity contribution in [3.8, 4) is 11.5 Å². The maximum absolute atomic E-state index is 13.1. The highest BCUT2D eigenvalue weighted by Gasteiger charge is 2.06. The molecule has 0 radical (unpaired) electrons. The fraction of sp³-hybridized carbons (Fsp3) is 0.200. The second-order valence-corrected chi connectivity index (χ2v) is 4.48. The van der Waals surface area contributed by atoms with Gasteiger partial charge < -0.3 is 15.5 Å². The molecule has 3 N–H and O–H groups in total. The standard InChI is InChI=1S/C15H16FNO2/c1-10(12-3-2-4-13(16)8-12)17-9-11-5-6-14(18)15(19)7-11/h2-8,10,17-19H,9H2,1H3/t10-/m0/s1. The highest BCUT2D eigenvalue weighted by atomic mass is 19.1. The van der Waals surface area contributed by atoms with Crippen molar-refractivity contribution in [2.24, 2.45) is 0 Å². The van der Waals surface area contributed by atoms with Crippen molar-refractivity contribution in [3.05, 3.63) is 59.4 Å². The number of rotatable bonds is 4. The van der Waals surface area contributed by atoms with Gasteiger partial charge in [-0.1, -0.05) is 18.2 Å². The lowest BCUT2D eigenvalue weighted by atomic mass is 10.1. The van der Waals surface area contributed by atoms with Gasteiger partial charge in [-0.25, -0.2) is 4.39 Å². The number of phenols is 2. The number of phenolic OH excluding ortho intramolecular Hbond substituents is 2. The fourth-order valence-corrected chi connectivity index (χ4v) is 1.84. The van der Waals surface area contributed by atoms with Crippen LogP contribution in [0.4, 0.5) is 4.39 Å². The van der Waals surface area contributed by atoms with Gasteiger partial charge in [0.2, 0.25) is 0 Å². The Bertz CT molecular complexity index is 572. The van der Waals surface area contributed by atoms with Crippen LogP contribution < -0.4 is 5.32 Å². The van der Waals surface area contributed by atoms with Crippen LogP contribution in [0.3, 0.4) is 0 Å². The molecule has 0 aromatic heterocycles. The summed E-state index contributed by atoms with van der Waals surface area (Å²) in [7, 11) is 0. The zero-order valence-corrected chi connectivity index (χ0v) is 10.6. The first-order valence-corrected chi connectivity index (χ1v) is 6.06. The number of hydrogen-bond acceptors (Lipinski definition) is 3. The van der Waals surface area contributed by atoms with Crippen molar-refractivity contribution in [1.29, 1.82) is 0 Å². The molecule has 0 saturated heterocycles. The zero-order valence-electron chi connectivity index (χ0n) is 10.6. The van der Waals surface area contributed by atoms with Crippen LogP contribution in [0.5, 0.6) is 11.5 Å². The summed E-state index contributed by atoms with van der Waals surface area (Å²) in [5, 5.41) is 21.8. The van der Waals surface area contributed by atoms with E-state index in [1.165, 1.54) is 24.3 Å². The molecule has 100 valence electrons. The van der Waals surface area contributed by atoms with Gasteiger partial charge in [-0.3, -0.25) is 0 Å². The average Bonchev–Trinajstić information content (AvgIpc) is 2.40. The summed E-state index contributed by atoms with van der Waals surface area (Å²) < 4.78 is 13.1. The van der Waals surface area contributed by atoms with Crippen molar-refractivity contribution in [3.63, 3.8) is 0 Å². The predicted octanol–water partition coefficient (Wildman–Crippen LogP) is 3.09. The Morgan fingerprint density at radius 1 is 1.11 bits per heavy atom. The van der Waals surface area contributed by atoms with E-state index in [9.17, 15) is 14.6 Å². The van der Waals surface area contributed by atoms with Crippen molar-refractivity contribution in [2.75, 3.05) is 0 Å². The van der Waals surface area contributed by atoms with Gasteiger partial charge >= 0.3 is 0 Å². The average molecular weight is 261 g/mol. The second kappa shape index (κ2) is 5.71. The molecular weight excluding hydrogens is 245 g/mol. The molecule has 4 heteroatoms. The Kier molecular flexibility index (Phi) is 4.02. The predicted molar refractivity (Wildman–Crippen MR) is 71.4 cm³/mol. The molecule has 0 unspecified atom stereocenters. The van der Waals surface area contributed by atoms with E-state index in [0.29, 0.717) is 6.54 Å². The number of hydrogen-bond donors (Lipinski definition) is 3. The van der Waals surface area contributed by atoms with Crippen molar-refractivity contribution >= 4 is 0 Å². The summed E-state index contributed by atoms with van der Waals surface area (Å²) in [6.07, 6.45) is 0. The molecule has 0 aliphatic carbocycles. The number of nitrogens with one attached hydrogen (secondary N) is 1. The molecule has 0 aliphatic heterocycles. The van der Waals surface area contributed by atoms with Crippen molar-refractivity contribution < 1.29 is 14.6 Å². The third kappa shape index (κ3) is 3.45. The third-order valence-corrected chi connectivity index (χ3v) is 3.00. The Labute approximate surface area is 111 Å². The summed E-state index contributed by atoms with van der Waals surface area (Å²) >= 11 is 0. The molecule has 0 aliphatic rings. The van der Waals surface area contributed by atoms with Gasteiger partial charge in [0.1, 0.15) is 5.82 Å². The van der Waals surface area contributed by atoms with Gasteiger partial charge in [-0.15, -0.1) is 0 Å². The van der Waals surface area contributed by atoms with Gasteiger partial charge in [0.15, 0.2) is 11.5 Å². The molecule has 1 atom stereocenters. The van der Waals surface area contributed by atoms with Crippen LogP contribution in [0, 0.1) is 5.82 Å². The maximum Gasteiger partial charge on any atom is 0.157 e. The Balaban J connectivity index is 2.00. The van der Waals surface area contributed by atoms with Crippen LogP contribution in [-0.2, 0) is 6.54 Å². The number of aromatic hydroxyl groups is 2. The Morgan fingerprint density at radius 2 is 1.89 bits per heavy atom. The molecule has 2 rings (SSSR count). The zero-order chi connectivity index (χ0) is 13.8. The first-order valence-electron chi connectivity index (χ1n) is 6.06. The minimum Gasteiger partial charge on any atom is -0.504 e. The van der Waals surface area contributed by atoms with Crippen LogP contribution >= 0.6 is 0 Å². The molecule has 0 fully saturated rings. The first kappa shape index (κ1) is 13.4. The topological polar surface area (TPSA) is 52.5 Å². The molecule has 0 saturated carbocycles. The summed E-state index contributed by atoms with van der Waals surface area (Å²) in [6, 6.07) is 11.1. The lowest BCUT2D eigenvalue weighted by molar-refractivity contribution is 0.402. The van der Waals surface area contributed by atoms with Gasteiger partial charge in [0, 0.05) is 12.6 Å². The van der Waals surface area contributed by atoms with Crippen LogP contribution in [0.15, 0.2) is 42.5 Å². The minimum atomic E-state index is -0.256. The molecule has 0 spiro atoms. The van der Waals surface area contributed by atoms with Crippen LogP contribution in [0.25, 0.3) is 0 Å². The van der Waals surface area contributed by atoms with Crippen LogP contribution in [0.2, 0.25) is 0 Å². The lowest BCUT2D eigenvalue weighted by Crippen LogP contribution is -2.18. The van der Waals surface area contributed by atoms with Crippen molar-refractivity contribution in [2.45, 2.75) is 19.5 Å². The molecule has 2 aromatic rings. The smallest absolute Gasteiger partial charge is 0.157 e. The van der Waals surface area contributed by atoms with E-state index in [1.54, 1.807) is 12.1 Å². The van der Waals surface area contributed by atoms with E-state index in [4.69, 9.17) is 0 Å². The molecule has 3 nitrogen and oxygen atoms in total. The largest absolute Gasteiger partial charge is 0.504 e. The number of halogens is 1. The molecular formula is C15H16FNO2. The normalized spacial score (nSPS) is 12.3. The van der Waals surface area contributed by atoms with E-state index in [-0.39, 0.29) is 23.4 Å². The highest BCUT2D eigenvalue weighted by molar-refractivity contribution is 5.40. The molecule has 0 bridgehead atoms. The highest BCUT2D eigenvalue weighted by Crippen LogP contribution is 2.25. The maximum atomic E-state index is 13.1. The summed E-state index contributed by atoms with van der Waals surface area (Å²) in [4.78, 5) is 0. The fourth-order valence-electron chi connectivity index (χ4n) is 1.84. The first-order chi connectivity index (χ1) is 9.06. The monoisotopic (exact) mass is 261 g/mol. The SMILES string of the molecule is C[C@H](NCc1ccc(O)c(O)c1)c1cccc(F)c1. The van der Waals surface area contributed by atoms with Gasteiger partial charge in [0.25, 0.3) is 0 Å². The van der Waals surface area contributed by atoms with Crippen molar-refractivity contribution in [1.82, 2.24) is 5.32 Å². The Morgan fingerprint density at radius 3 is 2.58 bits per heavy atom. The molecule has 19 heavy (non-hydrogen) atoms. The molecule has 0 heterocycles. The Hall–Kier alpha value is -2.07. The lowest BCUT2D eigenvalue weighted by Gasteiger charge is -2.14. The third-order valence-electron chi connectivity index (χ3n) is 3.00. The van der Waals surface area contributed by atoms with E-state index in [0.717, 1.165) is 11.1 Å². The van der Waals surface area contributed by atoms with Crippen LogP contribution in [0.1, 0.15) is 24.1 Å². The second-order valence-electron chi connectivity index (χ2n) is 4.48.